The van der Waals surface area contributed by atoms with Crippen molar-refractivity contribution in [2.75, 3.05) is 11.5 Å². The summed E-state index contributed by atoms with van der Waals surface area (Å²) in [5, 5.41) is 10.7. The summed E-state index contributed by atoms with van der Waals surface area (Å²) < 4.78 is 65.5. The molecule has 4 rings (SSSR count). The van der Waals surface area contributed by atoms with Gasteiger partial charge in [-0.25, -0.2) is 13.4 Å². The van der Waals surface area contributed by atoms with Crippen molar-refractivity contribution < 1.29 is 26.7 Å². The lowest BCUT2D eigenvalue weighted by atomic mass is 10.0. The predicted octanol–water partition coefficient (Wildman–Crippen LogP) is 3.77. The highest BCUT2D eigenvalue weighted by Crippen LogP contribution is 2.35. The van der Waals surface area contributed by atoms with Crippen LogP contribution in [-0.2, 0) is 29.0 Å². The standard InChI is InChI=1S/C21H21F3N2O3S/c22-21(23,24)16-6-2-1-5-15(16)19(27)12-26-18-8-4-3-7-17(18)25-20(26)11-14-9-10-30(28,29)13-14/h1-8,14,19,27H,9-13H2/t14-,19+/m0/s1. The van der Waals surface area contributed by atoms with Crippen LogP contribution < -0.4 is 0 Å². The highest BCUT2D eigenvalue weighted by Gasteiger charge is 2.35. The van der Waals surface area contributed by atoms with Crippen molar-refractivity contribution in [3.8, 4) is 0 Å². The Balaban J connectivity index is 1.69. The van der Waals surface area contributed by atoms with Crippen LogP contribution in [0.4, 0.5) is 13.2 Å². The number of aromatic nitrogens is 2. The topological polar surface area (TPSA) is 72.2 Å². The monoisotopic (exact) mass is 438 g/mol. The Labute approximate surface area is 172 Å². The Bertz CT molecular complexity index is 1170. The second-order valence-electron chi connectivity index (χ2n) is 7.70. The Morgan fingerprint density at radius 3 is 2.53 bits per heavy atom. The van der Waals surface area contributed by atoms with Crippen LogP contribution >= 0.6 is 0 Å². The molecule has 9 heteroatoms. The molecular weight excluding hydrogens is 417 g/mol. The normalized spacial score (nSPS) is 19.9. The first-order valence-corrected chi connectivity index (χ1v) is 11.4. The van der Waals surface area contributed by atoms with Gasteiger partial charge in [0.25, 0.3) is 0 Å². The fourth-order valence-electron chi connectivity index (χ4n) is 4.09. The number of sulfone groups is 1. The van der Waals surface area contributed by atoms with Crippen molar-refractivity contribution >= 4 is 20.9 Å². The average Bonchev–Trinajstić information content (AvgIpc) is 3.20. The lowest BCUT2D eigenvalue weighted by Crippen LogP contribution is -2.18. The van der Waals surface area contributed by atoms with E-state index in [9.17, 15) is 26.7 Å². The van der Waals surface area contributed by atoms with Crippen LogP contribution in [0.25, 0.3) is 11.0 Å². The molecule has 1 aliphatic heterocycles. The van der Waals surface area contributed by atoms with E-state index in [-0.39, 0.29) is 29.5 Å². The number of imidazole rings is 1. The van der Waals surface area contributed by atoms with Crippen LogP contribution in [0, 0.1) is 5.92 Å². The van der Waals surface area contributed by atoms with Gasteiger partial charge < -0.3 is 9.67 Å². The second kappa shape index (κ2) is 7.70. The molecular formula is C21H21F3N2O3S. The fraction of sp³-hybridized carbons (Fsp3) is 0.381. The van der Waals surface area contributed by atoms with Crippen molar-refractivity contribution in [3.05, 3.63) is 65.5 Å². The zero-order chi connectivity index (χ0) is 21.5. The maximum Gasteiger partial charge on any atom is 0.416 e. The summed E-state index contributed by atoms with van der Waals surface area (Å²) in [6.07, 6.45) is -5.05. The number of halogens is 3. The van der Waals surface area contributed by atoms with E-state index in [1.165, 1.54) is 18.2 Å². The molecule has 3 aromatic rings. The maximum atomic E-state index is 13.4. The smallest absolute Gasteiger partial charge is 0.387 e. The van der Waals surface area contributed by atoms with Crippen LogP contribution in [0.1, 0.15) is 29.5 Å². The first-order chi connectivity index (χ1) is 14.1. The van der Waals surface area contributed by atoms with Gasteiger partial charge in [0.1, 0.15) is 5.82 Å². The van der Waals surface area contributed by atoms with Gasteiger partial charge in [-0.3, -0.25) is 0 Å². The first-order valence-electron chi connectivity index (χ1n) is 9.63. The molecule has 0 radical (unpaired) electrons. The number of aliphatic hydroxyl groups excluding tert-OH is 1. The molecule has 0 amide bonds. The Kier molecular flexibility index (Phi) is 5.36. The number of benzene rings is 2. The minimum atomic E-state index is -4.57. The molecule has 2 heterocycles. The first kappa shape index (κ1) is 20.9. The second-order valence-corrected chi connectivity index (χ2v) is 9.93. The Morgan fingerprint density at radius 2 is 1.83 bits per heavy atom. The van der Waals surface area contributed by atoms with Gasteiger partial charge in [0, 0.05) is 6.42 Å². The lowest BCUT2D eigenvalue weighted by molar-refractivity contribution is -0.139. The van der Waals surface area contributed by atoms with Gasteiger partial charge in [0.15, 0.2) is 9.84 Å². The summed E-state index contributed by atoms with van der Waals surface area (Å²) >= 11 is 0. The molecule has 2 atom stereocenters. The molecule has 2 aromatic carbocycles. The fourth-order valence-corrected chi connectivity index (χ4v) is 5.96. The van der Waals surface area contributed by atoms with Crippen LogP contribution in [-0.4, -0.2) is 34.6 Å². The summed E-state index contributed by atoms with van der Waals surface area (Å²) in [6.45, 7) is -0.109. The third kappa shape index (κ3) is 4.22. The molecule has 30 heavy (non-hydrogen) atoms. The number of hydrogen-bond acceptors (Lipinski definition) is 4. The van der Waals surface area contributed by atoms with E-state index in [1.807, 2.05) is 0 Å². The van der Waals surface area contributed by atoms with Gasteiger partial charge in [0.2, 0.25) is 0 Å². The summed E-state index contributed by atoms with van der Waals surface area (Å²) in [7, 11) is -3.06. The van der Waals surface area contributed by atoms with Gasteiger partial charge >= 0.3 is 6.18 Å². The Morgan fingerprint density at radius 1 is 1.13 bits per heavy atom. The number of aliphatic hydroxyl groups is 1. The summed E-state index contributed by atoms with van der Waals surface area (Å²) in [5.41, 5.74) is 0.282. The number of alkyl halides is 3. The van der Waals surface area contributed by atoms with Gasteiger partial charge in [0.05, 0.1) is 40.8 Å². The minimum Gasteiger partial charge on any atom is -0.387 e. The van der Waals surface area contributed by atoms with E-state index in [0.717, 1.165) is 6.07 Å². The number of para-hydroxylation sites is 2. The van der Waals surface area contributed by atoms with E-state index >= 15 is 0 Å². The molecule has 1 N–H and O–H groups in total. The largest absolute Gasteiger partial charge is 0.416 e. The van der Waals surface area contributed by atoms with Crippen LogP contribution in [0.5, 0.6) is 0 Å². The molecule has 0 bridgehead atoms. The third-order valence-electron chi connectivity index (χ3n) is 5.51. The third-order valence-corrected chi connectivity index (χ3v) is 7.35. The van der Waals surface area contributed by atoms with E-state index in [1.54, 1.807) is 28.8 Å². The quantitative estimate of drug-likeness (QED) is 0.658. The van der Waals surface area contributed by atoms with Crippen molar-refractivity contribution in [3.63, 3.8) is 0 Å². The summed E-state index contributed by atoms with van der Waals surface area (Å²) in [5.74, 6) is 0.696. The molecule has 0 saturated carbocycles. The summed E-state index contributed by atoms with van der Waals surface area (Å²) in [4.78, 5) is 4.58. The molecule has 160 valence electrons. The zero-order valence-electron chi connectivity index (χ0n) is 16.0. The van der Waals surface area contributed by atoms with E-state index in [2.05, 4.69) is 4.98 Å². The van der Waals surface area contributed by atoms with E-state index in [0.29, 0.717) is 29.7 Å². The van der Waals surface area contributed by atoms with Crippen LogP contribution in [0.3, 0.4) is 0 Å². The molecule has 0 spiro atoms. The number of hydrogen-bond donors (Lipinski definition) is 1. The van der Waals surface area contributed by atoms with Crippen molar-refractivity contribution in [2.45, 2.75) is 31.7 Å². The van der Waals surface area contributed by atoms with Crippen molar-refractivity contribution in [2.24, 2.45) is 5.92 Å². The van der Waals surface area contributed by atoms with Gasteiger partial charge in [-0.2, -0.15) is 13.2 Å². The van der Waals surface area contributed by atoms with Crippen molar-refractivity contribution in [1.82, 2.24) is 9.55 Å². The number of nitrogens with zero attached hydrogens (tertiary/aromatic N) is 2. The molecule has 1 fully saturated rings. The minimum absolute atomic E-state index is 0.0790. The van der Waals surface area contributed by atoms with Gasteiger partial charge in [-0.05, 0) is 36.1 Å². The number of rotatable bonds is 5. The predicted molar refractivity (Wildman–Crippen MR) is 107 cm³/mol. The molecule has 0 aliphatic carbocycles. The van der Waals surface area contributed by atoms with E-state index in [4.69, 9.17) is 0 Å². The lowest BCUT2D eigenvalue weighted by Gasteiger charge is -2.20. The van der Waals surface area contributed by atoms with Crippen LogP contribution in [0.15, 0.2) is 48.5 Å². The van der Waals surface area contributed by atoms with Crippen molar-refractivity contribution in [1.29, 1.82) is 0 Å². The molecule has 5 nitrogen and oxygen atoms in total. The molecule has 1 aromatic heterocycles. The van der Waals surface area contributed by atoms with Gasteiger partial charge in [-0.1, -0.05) is 30.3 Å². The average molecular weight is 438 g/mol. The SMILES string of the molecule is O=S1(=O)CC[C@@H](Cc2nc3ccccc3n2C[C@@H](O)c2ccccc2C(F)(F)F)C1. The maximum absolute atomic E-state index is 13.4. The molecule has 1 saturated heterocycles. The molecule has 1 aliphatic rings. The highest BCUT2D eigenvalue weighted by atomic mass is 32.2. The zero-order valence-corrected chi connectivity index (χ0v) is 16.8. The highest BCUT2D eigenvalue weighted by molar-refractivity contribution is 7.91. The van der Waals surface area contributed by atoms with E-state index < -0.39 is 27.7 Å². The number of fused-ring (bicyclic) bond motifs is 1. The van der Waals surface area contributed by atoms with Crippen LogP contribution in [0.2, 0.25) is 0 Å². The Hall–Kier alpha value is -2.39. The summed E-state index contributed by atoms with van der Waals surface area (Å²) in [6, 6.07) is 12.2. The van der Waals surface area contributed by atoms with Gasteiger partial charge in [-0.15, -0.1) is 0 Å². The molecule has 0 unspecified atom stereocenters.